The van der Waals surface area contributed by atoms with Crippen LogP contribution in [0.3, 0.4) is 0 Å². The lowest BCUT2D eigenvalue weighted by Crippen LogP contribution is -2.32. The van der Waals surface area contributed by atoms with Gasteiger partial charge in [-0.25, -0.2) is 0 Å². The number of hydrogen-bond donors (Lipinski definition) is 0. The summed E-state index contributed by atoms with van der Waals surface area (Å²) < 4.78 is 0. The normalized spacial score (nSPS) is 12.6. The molecule has 0 fully saturated rings. The molecule has 0 atom stereocenters. The van der Waals surface area contributed by atoms with Gasteiger partial charge in [0.1, 0.15) is 0 Å². The Balaban J connectivity index is 1.31. The van der Waals surface area contributed by atoms with E-state index >= 15 is 0 Å². The first-order chi connectivity index (χ1) is 22.8. The number of benzene rings is 7. The third kappa shape index (κ3) is 4.06. The van der Waals surface area contributed by atoms with Gasteiger partial charge in [0.2, 0.25) is 0 Å². The van der Waals surface area contributed by atoms with E-state index in [-0.39, 0.29) is 5.78 Å². The van der Waals surface area contributed by atoms with Crippen molar-refractivity contribution < 1.29 is 4.79 Å². The fourth-order valence-corrected chi connectivity index (χ4v) is 7.65. The molecule has 0 aliphatic heterocycles. The zero-order valence-electron chi connectivity index (χ0n) is 25.3. The molecule has 1 heteroatoms. The minimum atomic E-state index is 0.0440. The molecule has 0 saturated heterocycles. The van der Waals surface area contributed by atoms with Gasteiger partial charge in [-0.2, -0.15) is 0 Å². The third-order valence-electron chi connectivity index (χ3n) is 9.64. The van der Waals surface area contributed by atoms with Crippen molar-refractivity contribution in [1.29, 1.82) is 0 Å². The number of fused-ring (bicyclic) bond motifs is 4. The van der Waals surface area contributed by atoms with Crippen molar-refractivity contribution in [3.05, 3.63) is 167 Å². The fourth-order valence-electron chi connectivity index (χ4n) is 7.65. The second kappa shape index (κ2) is 10.7. The van der Waals surface area contributed by atoms with Crippen LogP contribution in [0.2, 0.25) is 0 Å². The molecule has 0 unspecified atom stereocenters. The molecule has 7 aromatic rings. The molecular weight excluding hydrogens is 556 g/mol. The molecule has 0 heterocycles. The van der Waals surface area contributed by atoms with Gasteiger partial charge in [-0.3, -0.25) is 4.79 Å². The van der Waals surface area contributed by atoms with Gasteiger partial charge >= 0.3 is 0 Å². The Morgan fingerprint density at radius 2 is 0.891 bits per heavy atom. The molecule has 1 nitrogen and oxygen atoms in total. The van der Waals surface area contributed by atoms with Crippen molar-refractivity contribution in [1.82, 2.24) is 0 Å². The lowest BCUT2D eigenvalue weighted by atomic mass is 9.83. The third-order valence-corrected chi connectivity index (χ3v) is 9.64. The van der Waals surface area contributed by atoms with Crippen LogP contribution in [0.1, 0.15) is 28.8 Å². The van der Waals surface area contributed by atoms with Crippen LogP contribution in [0.5, 0.6) is 0 Å². The Bertz CT molecular complexity index is 2340. The van der Waals surface area contributed by atoms with Gasteiger partial charge in [0.15, 0.2) is 5.78 Å². The number of ketones is 1. The molecular formula is C45H30O. The summed E-state index contributed by atoms with van der Waals surface area (Å²) in [6.07, 6.45) is 7.00. The Morgan fingerprint density at radius 3 is 1.48 bits per heavy atom. The molecule has 0 N–H and O–H groups in total. The summed E-state index contributed by atoms with van der Waals surface area (Å²) in [4.78, 5) is 13.1. The van der Waals surface area contributed by atoms with E-state index in [2.05, 4.69) is 115 Å². The standard InChI is InChI=1S/C45H30O/c46-45(32-17-8-3-9-18-32)33-25-23-29(24-26-33)34-27-28-39-42-35(34)21-12-22-38(42)43-40(30-13-4-1-5-14-30)36-19-10-11-20-37(36)41(44(39)43)31-15-6-2-7-16-31/h1-9,12-28H,10-11H2. The highest BCUT2D eigenvalue weighted by Gasteiger charge is 2.30. The maximum atomic E-state index is 13.1. The maximum Gasteiger partial charge on any atom is 0.193 e. The lowest BCUT2D eigenvalue weighted by molar-refractivity contribution is 0.103. The molecule has 0 spiro atoms. The Hall–Kier alpha value is -5.79. The van der Waals surface area contributed by atoms with Gasteiger partial charge in [-0.05, 0) is 89.7 Å². The average Bonchev–Trinajstić information content (AvgIpc) is 3.46. The van der Waals surface area contributed by atoms with Crippen LogP contribution in [-0.4, -0.2) is 5.78 Å². The molecule has 0 amide bonds. The number of rotatable bonds is 5. The van der Waals surface area contributed by atoms with E-state index in [1.54, 1.807) is 0 Å². The molecule has 0 radical (unpaired) electrons. The van der Waals surface area contributed by atoms with Crippen LogP contribution in [0, 0.1) is 0 Å². The van der Waals surface area contributed by atoms with E-state index in [1.165, 1.54) is 71.3 Å². The van der Waals surface area contributed by atoms with E-state index in [0.29, 0.717) is 11.1 Å². The van der Waals surface area contributed by atoms with Crippen molar-refractivity contribution in [3.63, 3.8) is 0 Å². The minimum Gasteiger partial charge on any atom is -0.289 e. The van der Waals surface area contributed by atoms with Crippen molar-refractivity contribution in [2.24, 2.45) is 0 Å². The number of carbonyl (C=O) groups is 1. The zero-order chi connectivity index (χ0) is 30.6. The summed E-state index contributed by atoms with van der Waals surface area (Å²) in [6.45, 7) is 0. The summed E-state index contributed by atoms with van der Waals surface area (Å²) in [6, 6.07) is 50.8. The number of hydrogen-bond acceptors (Lipinski definition) is 1. The molecule has 0 saturated carbocycles. The van der Waals surface area contributed by atoms with Crippen molar-refractivity contribution in [3.8, 4) is 55.6 Å². The molecule has 0 bridgehead atoms. The predicted molar refractivity (Wildman–Crippen MR) is 192 cm³/mol. The molecule has 0 aromatic heterocycles. The molecule has 2 aliphatic carbocycles. The first-order valence-corrected chi connectivity index (χ1v) is 16.1. The second-order valence-corrected chi connectivity index (χ2v) is 12.2. The van der Waals surface area contributed by atoms with Crippen molar-refractivity contribution >= 4 is 28.7 Å². The lowest BCUT2D eigenvalue weighted by Gasteiger charge is -2.20. The SMILES string of the molecule is O=C(c1ccccc1)c1ccc(-c2ccc3c4c(cccc24)-c2c-3c(-c3ccccc3)c3c(c2-c2ccccc2)=CCCC=3)cc1. The first-order valence-electron chi connectivity index (χ1n) is 16.1. The van der Waals surface area contributed by atoms with Crippen molar-refractivity contribution in [2.75, 3.05) is 0 Å². The van der Waals surface area contributed by atoms with Gasteiger partial charge in [0.05, 0.1) is 0 Å². The molecule has 2 aliphatic rings. The van der Waals surface area contributed by atoms with Gasteiger partial charge in [-0.1, -0.05) is 158 Å². The molecule has 7 aromatic carbocycles. The van der Waals surface area contributed by atoms with E-state index in [4.69, 9.17) is 0 Å². The summed E-state index contributed by atoms with van der Waals surface area (Å²) in [5.74, 6) is 0.0440. The molecule has 46 heavy (non-hydrogen) atoms. The summed E-state index contributed by atoms with van der Waals surface area (Å²) >= 11 is 0. The predicted octanol–water partition coefficient (Wildman–Crippen LogP) is 10.1. The zero-order valence-corrected chi connectivity index (χ0v) is 25.3. The molecule has 9 rings (SSSR count). The second-order valence-electron chi connectivity index (χ2n) is 12.2. The maximum absolute atomic E-state index is 13.1. The minimum absolute atomic E-state index is 0.0440. The Morgan fingerprint density at radius 1 is 0.391 bits per heavy atom. The van der Waals surface area contributed by atoms with Gasteiger partial charge in [0.25, 0.3) is 0 Å². The first kappa shape index (κ1) is 26.6. The number of carbonyl (C=O) groups excluding carboxylic acids is 1. The van der Waals surface area contributed by atoms with Gasteiger partial charge in [0, 0.05) is 11.1 Å². The van der Waals surface area contributed by atoms with Crippen molar-refractivity contribution in [2.45, 2.75) is 12.8 Å². The average molecular weight is 587 g/mol. The highest BCUT2D eigenvalue weighted by molar-refractivity contribution is 6.23. The van der Waals surface area contributed by atoms with Crippen LogP contribution in [0.25, 0.3) is 78.6 Å². The summed E-state index contributed by atoms with van der Waals surface area (Å²) in [7, 11) is 0. The van der Waals surface area contributed by atoms with E-state index in [0.717, 1.165) is 18.4 Å². The Kier molecular flexibility index (Phi) is 6.18. The van der Waals surface area contributed by atoms with Crippen LogP contribution in [-0.2, 0) is 0 Å². The Labute approximate surface area is 268 Å². The quantitative estimate of drug-likeness (QED) is 0.183. The van der Waals surface area contributed by atoms with Gasteiger partial charge in [-0.15, -0.1) is 0 Å². The highest BCUT2D eigenvalue weighted by Crippen LogP contribution is 2.54. The largest absolute Gasteiger partial charge is 0.289 e. The van der Waals surface area contributed by atoms with Crippen LogP contribution in [0.15, 0.2) is 146 Å². The van der Waals surface area contributed by atoms with E-state index in [1.807, 2.05) is 42.5 Å². The van der Waals surface area contributed by atoms with E-state index in [9.17, 15) is 4.79 Å². The van der Waals surface area contributed by atoms with Crippen LogP contribution in [0.4, 0.5) is 0 Å². The fraction of sp³-hybridized carbons (Fsp3) is 0.0444. The summed E-state index contributed by atoms with van der Waals surface area (Å²) in [5, 5.41) is 5.23. The smallest absolute Gasteiger partial charge is 0.193 e. The van der Waals surface area contributed by atoms with Gasteiger partial charge < -0.3 is 0 Å². The van der Waals surface area contributed by atoms with Crippen LogP contribution >= 0.6 is 0 Å². The molecule has 216 valence electrons. The van der Waals surface area contributed by atoms with Crippen LogP contribution < -0.4 is 10.4 Å². The monoisotopic (exact) mass is 586 g/mol. The van der Waals surface area contributed by atoms with E-state index < -0.39 is 0 Å². The topological polar surface area (TPSA) is 17.1 Å². The summed E-state index contributed by atoms with van der Waals surface area (Å²) in [5.41, 5.74) is 14.1. The highest BCUT2D eigenvalue weighted by atomic mass is 16.1.